The number of anilines is 1. The number of aromatic carboxylic acids is 1. The Hall–Kier alpha value is -3.59. The van der Waals surface area contributed by atoms with Crippen LogP contribution in [-0.2, 0) is 9.59 Å². The first-order valence-corrected chi connectivity index (χ1v) is 8.17. The lowest BCUT2D eigenvalue weighted by Crippen LogP contribution is -2.58. The van der Waals surface area contributed by atoms with Crippen molar-refractivity contribution in [3.05, 3.63) is 58.9 Å². The largest absolute Gasteiger partial charge is 0.478 e. The average molecular weight is 404 g/mol. The van der Waals surface area contributed by atoms with Crippen molar-refractivity contribution in [2.75, 3.05) is 4.90 Å². The average Bonchev–Trinajstić information content (AvgIpc) is 2.63. The van der Waals surface area contributed by atoms with Gasteiger partial charge in [-0.3, -0.25) is 19.9 Å². The molecule has 1 aliphatic heterocycles. The lowest BCUT2D eigenvalue weighted by molar-refractivity contribution is -0.131. The Morgan fingerprint density at radius 3 is 2.50 bits per heavy atom. The van der Waals surface area contributed by atoms with Crippen LogP contribution in [0.25, 0.3) is 0 Å². The first-order chi connectivity index (χ1) is 13.3. The molecule has 1 atom stereocenters. The summed E-state index contributed by atoms with van der Waals surface area (Å²) < 4.78 is 13.1. The maximum Gasteiger partial charge on any atom is 0.337 e. The van der Waals surface area contributed by atoms with Crippen molar-refractivity contribution >= 4 is 53.0 Å². The number of carboxylic acids is 1. The lowest BCUT2D eigenvalue weighted by atomic mass is 10.1. The number of halogens is 2. The first kappa shape index (κ1) is 19.2. The third-order valence-electron chi connectivity index (χ3n) is 3.84. The number of carbonyl (C=O) groups is 4. The van der Waals surface area contributed by atoms with Crippen LogP contribution in [0.15, 0.2) is 47.5 Å². The molecule has 0 aliphatic carbocycles. The summed E-state index contributed by atoms with van der Waals surface area (Å²) in [6.07, 6.45) is 0.996. The minimum Gasteiger partial charge on any atom is -0.478 e. The molecule has 2 aromatic rings. The Kier molecular flexibility index (Phi) is 5.18. The van der Waals surface area contributed by atoms with Gasteiger partial charge in [-0.05, 0) is 42.5 Å². The highest BCUT2D eigenvalue weighted by Gasteiger charge is 2.40. The molecule has 2 aromatic carbocycles. The van der Waals surface area contributed by atoms with E-state index in [4.69, 9.17) is 16.7 Å². The SMILES string of the molecule is O=C(O)c1cc(N=CC2C(=O)NC(=O)N(c3ccc(F)cc3)C2=O)ccc1Cl. The number of barbiturate groups is 1. The molecule has 0 aromatic heterocycles. The van der Waals surface area contributed by atoms with Crippen molar-refractivity contribution in [3.63, 3.8) is 0 Å². The van der Waals surface area contributed by atoms with Gasteiger partial charge in [0.1, 0.15) is 5.82 Å². The van der Waals surface area contributed by atoms with E-state index in [1.807, 2.05) is 5.32 Å². The summed E-state index contributed by atoms with van der Waals surface area (Å²) in [6.45, 7) is 0. The molecule has 0 spiro atoms. The first-order valence-electron chi connectivity index (χ1n) is 7.79. The number of hydrogen-bond acceptors (Lipinski definition) is 5. The molecule has 0 bridgehead atoms. The van der Waals surface area contributed by atoms with Gasteiger partial charge in [-0.25, -0.2) is 18.9 Å². The van der Waals surface area contributed by atoms with Gasteiger partial charge < -0.3 is 5.11 Å². The third kappa shape index (κ3) is 3.74. The Morgan fingerprint density at radius 1 is 1.18 bits per heavy atom. The Morgan fingerprint density at radius 2 is 1.86 bits per heavy atom. The van der Waals surface area contributed by atoms with Gasteiger partial charge in [-0.1, -0.05) is 11.6 Å². The van der Waals surface area contributed by atoms with Gasteiger partial charge in [-0.15, -0.1) is 0 Å². The fourth-order valence-corrected chi connectivity index (χ4v) is 2.67. The van der Waals surface area contributed by atoms with E-state index in [1.165, 1.54) is 30.3 Å². The highest BCUT2D eigenvalue weighted by Crippen LogP contribution is 2.24. The number of aliphatic imine (C=N–C) groups is 1. The maximum atomic E-state index is 13.1. The van der Waals surface area contributed by atoms with E-state index in [0.717, 1.165) is 18.3 Å². The molecule has 0 radical (unpaired) electrons. The smallest absolute Gasteiger partial charge is 0.337 e. The summed E-state index contributed by atoms with van der Waals surface area (Å²) in [5, 5.41) is 11.1. The van der Waals surface area contributed by atoms with Crippen molar-refractivity contribution in [1.82, 2.24) is 5.32 Å². The summed E-state index contributed by atoms with van der Waals surface area (Å²) in [5.41, 5.74) is 0.0287. The quantitative estimate of drug-likeness (QED) is 0.601. The van der Waals surface area contributed by atoms with E-state index < -0.39 is 35.5 Å². The highest BCUT2D eigenvalue weighted by atomic mass is 35.5. The number of amides is 4. The molecule has 1 unspecified atom stereocenters. The molecular weight excluding hydrogens is 393 g/mol. The van der Waals surface area contributed by atoms with Gasteiger partial charge in [0.2, 0.25) is 5.91 Å². The normalized spacial score (nSPS) is 17.1. The molecular formula is C18H11ClFN3O5. The number of rotatable bonds is 4. The van der Waals surface area contributed by atoms with Gasteiger partial charge in [0.05, 0.1) is 22.0 Å². The van der Waals surface area contributed by atoms with Gasteiger partial charge >= 0.3 is 12.0 Å². The Bertz CT molecular complexity index is 1020. The van der Waals surface area contributed by atoms with Crippen LogP contribution in [0.1, 0.15) is 10.4 Å². The van der Waals surface area contributed by atoms with Gasteiger partial charge in [0.15, 0.2) is 5.92 Å². The molecule has 10 heteroatoms. The maximum absolute atomic E-state index is 13.1. The number of benzene rings is 2. The Labute approximate surface area is 162 Å². The van der Waals surface area contributed by atoms with Gasteiger partial charge in [0, 0.05) is 6.21 Å². The summed E-state index contributed by atoms with van der Waals surface area (Å²) in [7, 11) is 0. The Balaban J connectivity index is 1.89. The molecule has 4 amide bonds. The van der Waals surface area contributed by atoms with Crippen LogP contribution in [0.3, 0.4) is 0 Å². The summed E-state index contributed by atoms with van der Waals surface area (Å²) in [4.78, 5) is 52.5. The van der Waals surface area contributed by atoms with Crippen LogP contribution in [0, 0.1) is 11.7 Å². The number of carbonyl (C=O) groups excluding carboxylic acids is 3. The van der Waals surface area contributed by atoms with Gasteiger partial charge in [-0.2, -0.15) is 0 Å². The summed E-state index contributed by atoms with van der Waals surface area (Å²) in [5.74, 6) is -5.02. The van der Waals surface area contributed by atoms with E-state index >= 15 is 0 Å². The van der Waals surface area contributed by atoms with Crippen LogP contribution in [0.5, 0.6) is 0 Å². The third-order valence-corrected chi connectivity index (χ3v) is 4.17. The minimum atomic E-state index is -1.44. The van der Waals surface area contributed by atoms with E-state index in [-0.39, 0.29) is 22.0 Å². The van der Waals surface area contributed by atoms with Crippen molar-refractivity contribution < 1.29 is 28.7 Å². The predicted octanol–water partition coefficient (Wildman–Crippen LogP) is 2.78. The number of hydrogen-bond donors (Lipinski definition) is 2. The summed E-state index contributed by atoms with van der Waals surface area (Å²) in [6, 6.07) is 7.49. The molecule has 1 saturated heterocycles. The zero-order chi connectivity index (χ0) is 20.4. The number of imide groups is 2. The second-order valence-electron chi connectivity index (χ2n) is 5.67. The summed E-state index contributed by atoms with van der Waals surface area (Å²) >= 11 is 5.78. The van der Waals surface area contributed by atoms with Crippen LogP contribution < -0.4 is 10.2 Å². The molecule has 3 rings (SSSR count). The topological polar surface area (TPSA) is 116 Å². The second kappa shape index (κ2) is 7.57. The fourth-order valence-electron chi connectivity index (χ4n) is 2.47. The van der Waals surface area contributed by atoms with E-state index in [1.54, 1.807) is 0 Å². The van der Waals surface area contributed by atoms with Crippen LogP contribution in [0.2, 0.25) is 5.02 Å². The number of urea groups is 1. The van der Waals surface area contributed by atoms with Crippen molar-refractivity contribution in [2.24, 2.45) is 10.9 Å². The van der Waals surface area contributed by atoms with E-state index in [9.17, 15) is 23.6 Å². The predicted molar refractivity (Wildman–Crippen MR) is 97.5 cm³/mol. The lowest BCUT2D eigenvalue weighted by Gasteiger charge is -2.28. The number of carboxylic acid groups (broad SMARTS) is 1. The molecule has 142 valence electrons. The monoisotopic (exact) mass is 403 g/mol. The van der Waals surface area contributed by atoms with Crippen LogP contribution in [-0.4, -0.2) is 35.1 Å². The standard InChI is InChI=1S/C18H11ClFN3O5/c19-14-6-3-10(7-12(14)17(26)27)21-8-13-15(24)22-18(28)23(16(13)25)11-4-1-9(20)2-5-11/h1-8,13H,(H,26,27)(H,22,24,28). The van der Waals surface area contributed by atoms with Crippen LogP contribution >= 0.6 is 11.6 Å². The number of nitrogens with one attached hydrogen (secondary N) is 1. The van der Waals surface area contributed by atoms with Crippen molar-refractivity contribution in [2.45, 2.75) is 0 Å². The zero-order valence-electron chi connectivity index (χ0n) is 13.9. The zero-order valence-corrected chi connectivity index (χ0v) is 14.7. The molecule has 1 aliphatic rings. The van der Waals surface area contributed by atoms with E-state index in [2.05, 4.69) is 4.99 Å². The van der Waals surface area contributed by atoms with Crippen molar-refractivity contribution in [3.8, 4) is 0 Å². The highest BCUT2D eigenvalue weighted by molar-refractivity contribution is 6.34. The minimum absolute atomic E-state index is 0.00557. The molecule has 8 nitrogen and oxygen atoms in total. The van der Waals surface area contributed by atoms with Crippen molar-refractivity contribution in [1.29, 1.82) is 0 Å². The molecule has 2 N–H and O–H groups in total. The molecule has 28 heavy (non-hydrogen) atoms. The van der Waals surface area contributed by atoms with Crippen LogP contribution in [0.4, 0.5) is 20.6 Å². The van der Waals surface area contributed by atoms with E-state index in [0.29, 0.717) is 4.90 Å². The molecule has 0 saturated carbocycles. The number of nitrogens with zero attached hydrogens (tertiary/aromatic N) is 2. The molecule has 1 heterocycles. The molecule has 1 fully saturated rings. The second-order valence-corrected chi connectivity index (χ2v) is 6.08. The fraction of sp³-hybridized carbons (Fsp3) is 0.0556. The van der Waals surface area contributed by atoms with Gasteiger partial charge in [0.25, 0.3) is 5.91 Å².